The summed E-state index contributed by atoms with van der Waals surface area (Å²) in [5.41, 5.74) is 2.83. The van der Waals surface area contributed by atoms with E-state index >= 15 is 0 Å². The third-order valence-corrected chi connectivity index (χ3v) is 3.54. The number of hydrogen-bond acceptors (Lipinski definition) is 3. The number of ether oxygens (including phenoxy) is 1. The number of methoxy groups -OCH3 is 1. The van der Waals surface area contributed by atoms with Gasteiger partial charge in [-0.25, -0.2) is 0 Å². The molecule has 2 rings (SSSR count). The number of benzene rings is 2. The van der Waals surface area contributed by atoms with E-state index in [-0.39, 0.29) is 12.6 Å². The predicted octanol–water partition coefficient (Wildman–Crippen LogP) is 3.80. The Morgan fingerprint density at radius 3 is 2.60 bits per heavy atom. The van der Waals surface area contributed by atoms with E-state index in [4.69, 9.17) is 16.3 Å². The summed E-state index contributed by atoms with van der Waals surface area (Å²) in [5.74, 6) is 0.836. The summed E-state index contributed by atoms with van der Waals surface area (Å²) in [6, 6.07) is 13.1. The lowest BCUT2D eigenvalue weighted by molar-refractivity contribution is 0.276. The fourth-order valence-electron chi connectivity index (χ4n) is 2.12. The first-order valence-corrected chi connectivity index (χ1v) is 6.80. The summed E-state index contributed by atoms with van der Waals surface area (Å²) in [6.45, 7) is 1.96. The number of hydrogen-bond donors (Lipinski definition) is 2. The van der Waals surface area contributed by atoms with Crippen LogP contribution in [0.2, 0.25) is 5.02 Å². The van der Waals surface area contributed by atoms with Gasteiger partial charge in [0.05, 0.1) is 30.5 Å². The van der Waals surface area contributed by atoms with Crippen LogP contribution in [0.4, 0.5) is 5.69 Å². The molecule has 0 aliphatic carbocycles. The molecule has 0 aliphatic heterocycles. The summed E-state index contributed by atoms with van der Waals surface area (Å²) in [4.78, 5) is 0. The maximum Gasteiger partial charge on any atom is 0.121 e. The number of aliphatic hydroxyl groups excluding tert-OH is 1. The van der Waals surface area contributed by atoms with E-state index in [9.17, 15) is 5.11 Å². The van der Waals surface area contributed by atoms with Gasteiger partial charge in [-0.1, -0.05) is 35.9 Å². The van der Waals surface area contributed by atoms with Crippen LogP contribution >= 0.6 is 11.6 Å². The average molecular weight is 292 g/mol. The largest absolute Gasteiger partial charge is 0.496 e. The van der Waals surface area contributed by atoms with Crippen LogP contribution in [0.25, 0.3) is 0 Å². The van der Waals surface area contributed by atoms with E-state index in [1.807, 2.05) is 49.4 Å². The van der Waals surface area contributed by atoms with Gasteiger partial charge >= 0.3 is 0 Å². The highest BCUT2D eigenvalue weighted by atomic mass is 35.5. The minimum Gasteiger partial charge on any atom is -0.496 e. The molecule has 2 N–H and O–H groups in total. The molecule has 20 heavy (non-hydrogen) atoms. The minimum atomic E-state index is -0.209. The van der Waals surface area contributed by atoms with Crippen molar-refractivity contribution in [3.05, 3.63) is 58.6 Å². The van der Waals surface area contributed by atoms with E-state index in [2.05, 4.69) is 5.32 Å². The SMILES string of the molecule is COc1ccc(C(CO)Nc2ccccc2Cl)cc1C. The van der Waals surface area contributed by atoms with Crippen LogP contribution in [0.15, 0.2) is 42.5 Å². The lowest BCUT2D eigenvalue weighted by Gasteiger charge is -2.20. The van der Waals surface area contributed by atoms with E-state index in [1.54, 1.807) is 7.11 Å². The van der Waals surface area contributed by atoms with Crippen molar-refractivity contribution >= 4 is 17.3 Å². The second kappa shape index (κ2) is 6.64. The fourth-order valence-corrected chi connectivity index (χ4v) is 2.31. The molecule has 0 saturated heterocycles. The fraction of sp³-hybridized carbons (Fsp3) is 0.250. The lowest BCUT2D eigenvalue weighted by Crippen LogP contribution is -2.15. The predicted molar refractivity (Wildman–Crippen MR) is 82.6 cm³/mol. The third-order valence-electron chi connectivity index (χ3n) is 3.21. The molecule has 2 aromatic rings. The van der Waals surface area contributed by atoms with Gasteiger partial charge in [0.1, 0.15) is 5.75 Å². The molecule has 106 valence electrons. The molecule has 1 atom stereocenters. The zero-order chi connectivity index (χ0) is 14.5. The standard InChI is InChI=1S/C16H18ClNO2/c1-11-9-12(7-8-16(11)20-2)15(10-19)18-14-6-4-3-5-13(14)17/h3-9,15,18-19H,10H2,1-2H3. The smallest absolute Gasteiger partial charge is 0.121 e. The van der Waals surface area contributed by atoms with Crippen molar-refractivity contribution in [1.82, 2.24) is 0 Å². The summed E-state index contributed by atoms with van der Waals surface area (Å²) in [6.07, 6.45) is 0. The number of para-hydroxylation sites is 1. The van der Waals surface area contributed by atoms with Crippen LogP contribution < -0.4 is 10.1 Å². The molecule has 4 heteroatoms. The summed E-state index contributed by atoms with van der Waals surface area (Å²) >= 11 is 6.13. The second-order valence-corrected chi connectivity index (χ2v) is 5.00. The molecular weight excluding hydrogens is 274 g/mol. The Morgan fingerprint density at radius 1 is 1.25 bits per heavy atom. The number of anilines is 1. The Kier molecular flexibility index (Phi) is 4.88. The number of rotatable bonds is 5. The Bertz CT molecular complexity index is 586. The van der Waals surface area contributed by atoms with Gasteiger partial charge in [-0.2, -0.15) is 0 Å². The lowest BCUT2D eigenvalue weighted by atomic mass is 10.0. The van der Waals surface area contributed by atoms with Gasteiger partial charge in [-0.3, -0.25) is 0 Å². The molecule has 0 spiro atoms. The topological polar surface area (TPSA) is 41.5 Å². The monoisotopic (exact) mass is 291 g/mol. The van der Waals surface area contributed by atoms with Crippen LogP contribution in [0.3, 0.4) is 0 Å². The number of halogens is 1. The molecule has 0 saturated carbocycles. The van der Waals surface area contributed by atoms with Gasteiger partial charge < -0.3 is 15.2 Å². The molecule has 3 nitrogen and oxygen atoms in total. The van der Waals surface area contributed by atoms with Crippen molar-refractivity contribution in [3.8, 4) is 5.75 Å². The normalized spacial score (nSPS) is 12.0. The highest BCUT2D eigenvalue weighted by molar-refractivity contribution is 6.33. The van der Waals surface area contributed by atoms with Crippen molar-refractivity contribution in [2.75, 3.05) is 19.0 Å². The highest BCUT2D eigenvalue weighted by Gasteiger charge is 2.13. The van der Waals surface area contributed by atoms with Crippen LogP contribution in [0.5, 0.6) is 5.75 Å². The second-order valence-electron chi connectivity index (χ2n) is 4.59. The minimum absolute atomic E-state index is 0.0169. The van der Waals surface area contributed by atoms with Crippen LogP contribution in [0.1, 0.15) is 17.2 Å². The van der Waals surface area contributed by atoms with Gasteiger partial charge in [0.2, 0.25) is 0 Å². The third kappa shape index (κ3) is 3.24. The number of aryl methyl sites for hydroxylation is 1. The first-order chi connectivity index (χ1) is 9.65. The first-order valence-electron chi connectivity index (χ1n) is 6.42. The number of aliphatic hydroxyl groups is 1. The highest BCUT2D eigenvalue weighted by Crippen LogP contribution is 2.28. The Morgan fingerprint density at radius 2 is 2.00 bits per heavy atom. The quantitative estimate of drug-likeness (QED) is 0.880. The Labute approximate surface area is 124 Å². The van der Waals surface area contributed by atoms with E-state index in [0.29, 0.717) is 5.02 Å². The molecule has 0 amide bonds. The van der Waals surface area contributed by atoms with Gasteiger partial charge in [0.15, 0.2) is 0 Å². The van der Waals surface area contributed by atoms with Crippen molar-refractivity contribution in [3.63, 3.8) is 0 Å². The summed E-state index contributed by atoms with van der Waals surface area (Å²) < 4.78 is 5.25. The van der Waals surface area contributed by atoms with E-state index in [1.165, 1.54) is 0 Å². The van der Waals surface area contributed by atoms with E-state index < -0.39 is 0 Å². The van der Waals surface area contributed by atoms with E-state index in [0.717, 1.165) is 22.6 Å². The Balaban J connectivity index is 2.24. The zero-order valence-electron chi connectivity index (χ0n) is 11.6. The molecule has 2 aromatic carbocycles. The van der Waals surface area contributed by atoms with Crippen molar-refractivity contribution < 1.29 is 9.84 Å². The van der Waals surface area contributed by atoms with Crippen molar-refractivity contribution in [2.24, 2.45) is 0 Å². The van der Waals surface area contributed by atoms with Gasteiger partial charge in [-0.15, -0.1) is 0 Å². The maximum absolute atomic E-state index is 9.61. The molecule has 0 fully saturated rings. The molecule has 0 heterocycles. The molecule has 1 unspecified atom stereocenters. The first kappa shape index (κ1) is 14.7. The molecule has 0 aromatic heterocycles. The summed E-state index contributed by atoms with van der Waals surface area (Å²) in [5, 5.41) is 13.5. The van der Waals surface area contributed by atoms with Gasteiger partial charge in [-0.05, 0) is 36.2 Å². The van der Waals surface area contributed by atoms with Gasteiger partial charge in [0.25, 0.3) is 0 Å². The maximum atomic E-state index is 9.61. The molecule has 0 aliphatic rings. The van der Waals surface area contributed by atoms with Crippen LogP contribution in [-0.4, -0.2) is 18.8 Å². The van der Waals surface area contributed by atoms with Crippen LogP contribution in [0, 0.1) is 6.92 Å². The summed E-state index contributed by atoms with van der Waals surface area (Å²) in [7, 11) is 1.65. The zero-order valence-corrected chi connectivity index (χ0v) is 12.3. The Hall–Kier alpha value is -1.71. The molecule has 0 radical (unpaired) electrons. The molecular formula is C16H18ClNO2. The van der Waals surface area contributed by atoms with Crippen LogP contribution in [-0.2, 0) is 0 Å². The van der Waals surface area contributed by atoms with Crippen molar-refractivity contribution in [1.29, 1.82) is 0 Å². The average Bonchev–Trinajstić information content (AvgIpc) is 2.46. The van der Waals surface area contributed by atoms with Gasteiger partial charge in [0, 0.05) is 0 Å². The molecule has 0 bridgehead atoms. The van der Waals surface area contributed by atoms with Crippen molar-refractivity contribution in [2.45, 2.75) is 13.0 Å². The number of nitrogens with one attached hydrogen (secondary N) is 1.